The predicted octanol–water partition coefficient (Wildman–Crippen LogP) is 1.42. The molecule has 0 bridgehead atoms. The second-order valence-corrected chi connectivity index (χ2v) is 6.24. The molecule has 1 saturated carbocycles. The maximum Gasteiger partial charge on any atom is 0.247 e. The Morgan fingerprint density at radius 2 is 2.28 bits per heavy atom. The van der Waals surface area contributed by atoms with Crippen molar-refractivity contribution >= 4 is 10.0 Å². The molecule has 1 aliphatic carbocycles. The molecule has 1 N–H and O–H groups in total. The van der Waals surface area contributed by atoms with Gasteiger partial charge in [-0.2, -0.15) is 4.31 Å². The van der Waals surface area contributed by atoms with E-state index in [2.05, 4.69) is 6.58 Å². The Morgan fingerprint density at radius 3 is 2.72 bits per heavy atom. The maximum atomic E-state index is 12.5. The molecular formula is C12H17NO4S. The molecule has 100 valence electrons. The fourth-order valence-corrected chi connectivity index (χ4v) is 3.76. The van der Waals surface area contributed by atoms with Gasteiger partial charge < -0.3 is 9.52 Å². The molecule has 0 radical (unpaired) electrons. The van der Waals surface area contributed by atoms with Crippen molar-refractivity contribution in [1.29, 1.82) is 0 Å². The van der Waals surface area contributed by atoms with Crippen molar-refractivity contribution in [2.75, 3.05) is 6.54 Å². The second-order valence-electron chi connectivity index (χ2n) is 4.39. The molecule has 0 aliphatic heterocycles. The highest BCUT2D eigenvalue weighted by molar-refractivity contribution is 7.89. The first-order valence-corrected chi connectivity index (χ1v) is 7.27. The molecule has 1 aromatic heterocycles. The maximum absolute atomic E-state index is 12.5. The minimum Gasteiger partial charge on any atom is -0.462 e. The number of furan rings is 1. The van der Waals surface area contributed by atoms with Gasteiger partial charge in [-0.25, -0.2) is 8.42 Å². The van der Waals surface area contributed by atoms with Gasteiger partial charge in [0, 0.05) is 18.7 Å². The first-order valence-electron chi connectivity index (χ1n) is 5.83. The molecule has 5 nitrogen and oxygen atoms in total. The smallest absolute Gasteiger partial charge is 0.247 e. The Labute approximate surface area is 107 Å². The molecule has 0 unspecified atom stereocenters. The van der Waals surface area contributed by atoms with E-state index < -0.39 is 10.0 Å². The Bertz CT molecular complexity index is 542. The first-order chi connectivity index (χ1) is 8.50. The third-order valence-corrected chi connectivity index (χ3v) is 4.95. The molecule has 0 aromatic carbocycles. The molecule has 1 aromatic rings. The lowest BCUT2D eigenvalue weighted by Gasteiger charge is -2.19. The monoisotopic (exact) mass is 271 g/mol. The molecule has 0 amide bonds. The number of aliphatic hydroxyl groups is 1. The van der Waals surface area contributed by atoms with Crippen LogP contribution in [-0.4, -0.2) is 30.4 Å². The van der Waals surface area contributed by atoms with Crippen LogP contribution in [0.5, 0.6) is 0 Å². The number of nitrogens with zero attached hydrogens (tertiary/aromatic N) is 1. The first kappa shape index (κ1) is 13.3. The molecule has 6 heteroatoms. The van der Waals surface area contributed by atoms with Gasteiger partial charge in [-0.1, -0.05) is 6.08 Å². The van der Waals surface area contributed by atoms with E-state index in [9.17, 15) is 8.42 Å². The number of hydrogen-bond donors (Lipinski definition) is 1. The molecule has 0 spiro atoms. The number of aryl methyl sites for hydroxylation is 1. The molecule has 18 heavy (non-hydrogen) atoms. The van der Waals surface area contributed by atoms with Crippen molar-refractivity contribution in [3.63, 3.8) is 0 Å². The van der Waals surface area contributed by atoms with Gasteiger partial charge in [0.15, 0.2) is 0 Å². The summed E-state index contributed by atoms with van der Waals surface area (Å²) in [6.07, 6.45) is 3.35. The highest BCUT2D eigenvalue weighted by Gasteiger charge is 2.38. The highest BCUT2D eigenvalue weighted by atomic mass is 32.2. The van der Waals surface area contributed by atoms with Crippen molar-refractivity contribution in [2.45, 2.75) is 37.3 Å². The number of hydrogen-bond acceptors (Lipinski definition) is 4. The van der Waals surface area contributed by atoms with Gasteiger partial charge in [-0.3, -0.25) is 0 Å². The molecular weight excluding hydrogens is 254 g/mol. The molecule has 2 rings (SSSR count). The summed E-state index contributed by atoms with van der Waals surface area (Å²) in [4.78, 5) is 0.139. The quantitative estimate of drug-likeness (QED) is 0.794. The summed E-state index contributed by atoms with van der Waals surface area (Å²) in [5, 5.41) is 8.99. The summed E-state index contributed by atoms with van der Waals surface area (Å²) in [5.41, 5.74) is 0. The van der Waals surface area contributed by atoms with Crippen LogP contribution in [0.2, 0.25) is 0 Å². The summed E-state index contributed by atoms with van der Waals surface area (Å²) >= 11 is 0. The standard InChI is InChI=1S/C12H17NO4S/c1-3-6-13(10-4-5-10)18(15,16)12-7-11(8-14)17-9(12)2/h3,7,10,14H,1,4-6,8H2,2H3. The van der Waals surface area contributed by atoms with E-state index in [-0.39, 0.29) is 23.3 Å². The van der Waals surface area contributed by atoms with E-state index in [4.69, 9.17) is 9.52 Å². The zero-order chi connectivity index (χ0) is 13.3. The molecule has 1 fully saturated rings. The van der Waals surface area contributed by atoms with Crippen molar-refractivity contribution in [1.82, 2.24) is 4.31 Å². The summed E-state index contributed by atoms with van der Waals surface area (Å²) in [7, 11) is -3.56. The van der Waals surface area contributed by atoms with E-state index in [1.807, 2.05) is 0 Å². The lowest BCUT2D eigenvalue weighted by Crippen LogP contribution is -2.33. The zero-order valence-electron chi connectivity index (χ0n) is 10.3. The number of sulfonamides is 1. The Morgan fingerprint density at radius 1 is 1.61 bits per heavy atom. The lowest BCUT2D eigenvalue weighted by molar-refractivity contribution is 0.244. The van der Waals surface area contributed by atoms with Crippen LogP contribution in [0.4, 0.5) is 0 Å². The zero-order valence-corrected chi connectivity index (χ0v) is 11.1. The van der Waals surface area contributed by atoms with Crippen LogP contribution >= 0.6 is 0 Å². The number of aliphatic hydroxyl groups excluding tert-OH is 1. The van der Waals surface area contributed by atoms with Crippen LogP contribution in [0.15, 0.2) is 28.0 Å². The van der Waals surface area contributed by atoms with Crippen LogP contribution in [0.25, 0.3) is 0 Å². The van der Waals surface area contributed by atoms with Crippen molar-refractivity contribution in [3.8, 4) is 0 Å². The largest absolute Gasteiger partial charge is 0.462 e. The minimum atomic E-state index is -3.56. The summed E-state index contributed by atoms with van der Waals surface area (Å²) < 4.78 is 31.6. The van der Waals surface area contributed by atoms with Crippen molar-refractivity contribution in [3.05, 3.63) is 30.2 Å². The van der Waals surface area contributed by atoms with Crippen LogP contribution in [0.3, 0.4) is 0 Å². The SMILES string of the molecule is C=CCN(C1CC1)S(=O)(=O)c1cc(CO)oc1C. The number of rotatable bonds is 6. The van der Waals surface area contributed by atoms with Gasteiger partial charge >= 0.3 is 0 Å². The summed E-state index contributed by atoms with van der Waals surface area (Å²) in [6, 6.07) is 1.46. The van der Waals surface area contributed by atoms with Gasteiger partial charge in [0.1, 0.15) is 23.0 Å². The van der Waals surface area contributed by atoms with Gasteiger partial charge in [-0.05, 0) is 19.8 Å². The van der Waals surface area contributed by atoms with Gasteiger partial charge in [0.2, 0.25) is 10.0 Å². The van der Waals surface area contributed by atoms with Gasteiger partial charge in [0.25, 0.3) is 0 Å². The Kier molecular flexibility index (Phi) is 3.61. The van der Waals surface area contributed by atoms with Crippen LogP contribution in [-0.2, 0) is 16.6 Å². The summed E-state index contributed by atoms with van der Waals surface area (Å²) in [5.74, 6) is 0.578. The van der Waals surface area contributed by atoms with Crippen LogP contribution in [0.1, 0.15) is 24.4 Å². The van der Waals surface area contributed by atoms with Gasteiger partial charge in [0.05, 0.1) is 0 Å². The lowest BCUT2D eigenvalue weighted by atomic mass is 10.4. The van der Waals surface area contributed by atoms with Crippen LogP contribution in [0, 0.1) is 6.92 Å². The van der Waals surface area contributed by atoms with E-state index >= 15 is 0 Å². The summed E-state index contributed by atoms with van der Waals surface area (Å²) in [6.45, 7) is 5.17. The van der Waals surface area contributed by atoms with E-state index in [1.165, 1.54) is 10.4 Å². The minimum absolute atomic E-state index is 0.0693. The van der Waals surface area contributed by atoms with Gasteiger partial charge in [-0.15, -0.1) is 6.58 Å². The Balaban J connectivity index is 2.38. The highest BCUT2D eigenvalue weighted by Crippen LogP contribution is 2.33. The molecule has 0 saturated heterocycles. The topological polar surface area (TPSA) is 70.8 Å². The molecule has 0 atom stereocenters. The fourth-order valence-electron chi connectivity index (χ4n) is 1.92. The fraction of sp³-hybridized carbons (Fsp3) is 0.500. The average Bonchev–Trinajstić information content (AvgIpc) is 3.08. The van der Waals surface area contributed by atoms with E-state index in [0.29, 0.717) is 12.3 Å². The predicted molar refractivity (Wildman–Crippen MR) is 66.5 cm³/mol. The van der Waals surface area contributed by atoms with Crippen LogP contribution < -0.4 is 0 Å². The third-order valence-electron chi connectivity index (χ3n) is 2.93. The van der Waals surface area contributed by atoms with E-state index in [1.54, 1.807) is 13.0 Å². The third kappa shape index (κ3) is 2.36. The normalized spacial score (nSPS) is 16.2. The van der Waals surface area contributed by atoms with Crippen molar-refractivity contribution in [2.24, 2.45) is 0 Å². The average molecular weight is 271 g/mol. The second kappa shape index (κ2) is 4.87. The molecule has 1 aliphatic rings. The molecule has 1 heterocycles. The van der Waals surface area contributed by atoms with Crippen molar-refractivity contribution < 1.29 is 17.9 Å². The van der Waals surface area contributed by atoms with E-state index in [0.717, 1.165) is 12.8 Å². The Hall–Kier alpha value is -1.11.